The molecule has 2 aromatic carbocycles. The number of fused-ring (bicyclic) bond motifs is 3. The van der Waals surface area contributed by atoms with Crippen molar-refractivity contribution in [3.05, 3.63) is 47.0 Å². The van der Waals surface area contributed by atoms with Crippen LogP contribution < -0.4 is 14.4 Å². The van der Waals surface area contributed by atoms with Crippen LogP contribution in [-0.2, 0) is 12.8 Å². The molecule has 1 amide bonds. The van der Waals surface area contributed by atoms with Gasteiger partial charge in [-0.2, -0.15) is 0 Å². The van der Waals surface area contributed by atoms with Crippen LogP contribution in [0, 0.1) is 0 Å². The SMILES string of the molecule is CN(C)CCN(C(=O)c1ccc2c(c1)CCCC2)c1nc2cc3c(cc2s1)OCO3. The van der Waals surface area contributed by atoms with E-state index in [0.29, 0.717) is 17.4 Å². The molecule has 30 heavy (non-hydrogen) atoms. The lowest BCUT2D eigenvalue weighted by Crippen LogP contribution is -2.36. The number of rotatable bonds is 5. The zero-order chi connectivity index (χ0) is 20.7. The van der Waals surface area contributed by atoms with E-state index in [1.807, 2.05) is 37.2 Å². The van der Waals surface area contributed by atoms with Gasteiger partial charge in [-0.25, -0.2) is 4.98 Å². The predicted molar refractivity (Wildman–Crippen MR) is 119 cm³/mol. The Balaban J connectivity index is 1.50. The lowest BCUT2D eigenvalue weighted by atomic mass is 9.90. The van der Waals surface area contributed by atoms with Gasteiger partial charge in [0.15, 0.2) is 16.6 Å². The molecule has 6 nitrogen and oxygen atoms in total. The highest BCUT2D eigenvalue weighted by Gasteiger charge is 2.24. The van der Waals surface area contributed by atoms with Crippen molar-refractivity contribution >= 4 is 32.6 Å². The summed E-state index contributed by atoms with van der Waals surface area (Å²) in [5, 5.41) is 0.707. The highest BCUT2D eigenvalue weighted by atomic mass is 32.1. The summed E-state index contributed by atoms with van der Waals surface area (Å²) in [5.41, 5.74) is 4.26. The Kier molecular flexibility index (Phi) is 5.08. The van der Waals surface area contributed by atoms with E-state index in [9.17, 15) is 4.79 Å². The smallest absolute Gasteiger partial charge is 0.260 e. The number of hydrogen-bond donors (Lipinski definition) is 0. The van der Waals surface area contributed by atoms with Gasteiger partial charge in [0.05, 0.1) is 10.2 Å². The monoisotopic (exact) mass is 423 g/mol. The number of aromatic nitrogens is 1. The summed E-state index contributed by atoms with van der Waals surface area (Å²) in [5.74, 6) is 1.45. The molecule has 0 radical (unpaired) electrons. The number of nitrogens with zero attached hydrogens (tertiary/aromatic N) is 3. The summed E-state index contributed by atoms with van der Waals surface area (Å²) in [6, 6.07) is 10.0. The van der Waals surface area contributed by atoms with Gasteiger partial charge in [0.1, 0.15) is 0 Å². The molecule has 2 aliphatic rings. The zero-order valence-corrected chi connectivity index (χ0v) is 18.1. The number of benzene rings is 2. The predicted octanol–water partition coefficient (Wildman–Crippen LogP) is 4.11. The molecular formula is C23H25N3O3S. The average molecular weight is 424 g/mol. The van der Waals surface area contributed by atoms with Crippen LogP contribution in [-0.4, -0.2) is 49.8 Å². The Hall–Kier alpha value is -2.64. The van der Waals surface area contributed by atoms with Crippen LogP contribution in [0.4, 0.5) is 5.13 Å². The highest BCUT2D eigenvalue weighted by Crippen LogP contribution is 2.40. The molecule has 0 spiro atoms. The minimum absolute atomic E-state index is 0.00400. The second kappa shape index (κ2) is 7.89. The quantitative estimate of drug-likeness (QED) is 0.618. The van der Waals surface area contributed by atoms with E-state index in [1.165, 1.54) is 35.3 Å². The molecule has 0 saturated carbocycles. The first kappa shape index (κ1) is 19.3. The van der Waals surface area contributed by atoms with Crippen molar-refractivity contribution in [1.82, 2.24) is 9.88 Å². The number of ether oxygens (including phenoxy) is 2. The number of likely N-dealkylation sites (N-methyl/N-ethyl adjacent to an activating group) is 1. The van der Waals surface area contributed by atoms with Crippen LogP contribution >= 0.6 is 11.3 Å². The van der Waals surface area contributed by atoms with Crippen LogP contribution in [0.15, 0.2) is 30.3 Å². The maximum Gasteiger partial charge on any atom is 0.260 e. The number of thiazole rings is 1. The standard InChI is InChI=1S/C23H25N3O3S/c1-25(2)9-10-26(22(27)17-8-7-15-5-3-4-6-16(15)11-17)23-24-18-12-19-20(29-14-28-19)13-21(18)30-23/h7-8,11-13H,3-6,9-10,14H2,1-2H3. The van der Waals surface area contributed by atoms with Gasteiger partial charge in [-0.1, -0.05) is 17.4 Å². The van der Waals surface area contributed by atoms with E-state index >= 15 is 0 Å². The topological polar surface area (TPSA) is 54.9 Å². The van der Waals surface area contributed by atoms with Gasteiger partial charge >= 0.3 is 0 Å². The van der Waals surface area contributed by atoms with Gasteiger partial charge in [-0.15, -0.1) is 0 Å². The lowest BCUT2D eigenvalue weighted by molar-refractivity contribution is 0.0985. The Labute approximate surface area is 180 Å². The summed E-state index contributed by atoms with van der Waals surface area (Å²) in [6.45, 7) is 1.58. The number of anilines is 1. The highest BCUT2D eigenvalue weighted by molar-refractivity contribution is 7.22. The Morgan fingerprint density at radius 1 is 1.03 bits per heavy atom. The molecule has 5 rings (SSSR count). The molecule has 0 bridgehead atoms. The Morgan fingerprint density at radius 3 is 2.60 bits per heavy atom. The molecule has 0 N–H and O–H groups in total. The Bertz CT molecular complexity index is 1070. The van der Waals surface area contributed by atoms with Crippen LogP contribution in [0.1, 0.15) is 34.3 Å². The van der Waals surface area contributed by atoms with Gasteiger partial charge in [0.25, 0.3) is 5.91 Å². The molecule has 3 aromatic rings. The first-order valence-corrected chi connectivity index (χ1v) is 11.2. The molecule has 1 aromatic heterocycles. The van der Waals surface area contributed by atoms with Crippen molar-refractivity contribution in [2.75, 3.05) is 38.9 Å². The molecular weight excluding hydrogens is 398 g/mol. The largest absolute Gasteiger partial charge is 0.454 e. The lowest BCUT2D eigenvalue weighted by Gasteiger charge is -2.23. The minimum Gasteiger partial charge on any atom is -0.454 e. The van der Waals surface area contributed by atoms with E-state index in [-0.39, 0.29) is 12.7 Å². The fourth-order valence-corrected chi connectivity index (χ4v) is 5.03. The van der Waals surface area contributed by atoms with Crippen molar-refractivity contribution in [1.29, 1.82) is 0 Å². The summed E-state index contributed by atoms with van der Waals surface area (Å²) in [4.78, 5) is 22.2. The van der Waals surface area contributed by atoms with Crippen LogP contribution in [0.2, 0.25) is 0 Å². The van der Waals surface area contributed by atoms with Gasteiger partial charge in [0, 0.05) is 30.8 Å². The van der Waals surface area contributed by atoms with Crippen molar-refractivity contribution in [3.8, 4) is 11.5 Å². The molecule has 0 unspecified atom stereocenters. The van der Waals surface area contributed by atoms with E-state index in [2.05, 4.69) is 17.0 Å². The Morgan fingerprint density at radius 2 is 1.80 bits per heavy atom. The molecule has 1 aliphatic heterocycles. The van der Waals surface area contributed by atoms with Gasteiger partial charge < -0.3 is 14.4 Å². The first-order valence-electron chi connectivity index (χ1n) is 10.4. The van der Waals surface area contributed by atoms with Crippen LogP contribution in [0.3, 0.4) is 0 Å². The zero-order valence-electron chi connectivity index (χ0n) is 17.3. The van der Waals surface area contributed by atoms with Crippen LogP contribution in [0.25, 0.3) is 10.2 Å². The van der Waals surface area contributed by atoms with E-state index in [1.54, 1.807) is 0 Å². The molecule has 7 heteroatoms. The first-order chi connectivity index (χ1) is 14.6. The van der Waals surface area contributed by atoms with E-state index in [0.717, 1.165) is 40.9 Å². The number of hydrogen-bond acceptors (Lipinski definition) is 6. The maximum atomic E-state index is 13.5. The van der Waals surface area contributed by atoms with Crippen molar-refractivity contribution in [3.63, 3.8) is 0 Å². The summed E-state index contributed by atoms with van der Waals surface area (Å²) < 4.78 is 12.0. The fourth-order valence-electron chi connectivity index (χ4n) is 4.03. The maximum absolute atomic E-state index is 13.5. The number of carbonyl (C=O) groups excluding carboxylic acids is 1. The molecule has 156 valence electrons. The van der Waals surface area contributed by atoms with Crippen molar-refractivity contribution < 1.29 is 14.3 Å². The summed E-state index contributed by atoms with van der Waals surface area (Å²) >= 11 is 1.51. The molecule has 2 heterocycles. The average Bonchev–Trinajstić information content (AvgIpc) is 3.37. The second-order valence-corrected chi connectivity index (χ2v) is 9.13. The number of amides is 1. The van der Waals surface area contributed by atoms with Crippen LogP contribution in [0.5, 0.6) is 11.5 Å². The molecule has 1 aliphatic carbocycles. The third kappa shape index (κ3) is 3.63. The fraction of sp³-hybridized carbons (Fsp3) is 0.391. The summed E-state index contributed by atoms with van der Waals surface area (Å²) in [6.07, 6.45) is 4.60. The molecule has 0 atom stereocenters. The van der Waals surface area contributed by atoms with Gasteiger partial charge in [-0.05, 0) is 63.0 Å². The summed E-state index contributed by atoms with van der Waals surface area (Å²) in [7, 11) is 4.03. The third-order valence-corrected chi connectivity index (χ3v) is 6.75. The van der Waals surface area contributed by atoms with E-state index in [4.69, 9.17) is 14.5 Å². The van der Waals surface area contributed by atoms with Crippen molar-refractivity contribution in [2.24, 2.45) is 0 Å². The van der Waals surface area contributed by atoms with Crippen molar-refractivity contribution in [2.45, 2.75) is 25.7 Å². The minimum atomic E-state index is 0.00400. The molecule has 0 fully saturated rings. The molecule has 0 saturated heterocycles. The number of aryl methyl sites for hydroxylation is 2. The normalized spacial score (nSPS) is 14.9. The third-order valence-electron chi connectivity index (χ3n) is 5.71. The van der Waals surface area contributed by atoms with E-state index < -0.39 is 0 Å². The second-order valence-electron chi connectivity index (χ2n) is 8.12. The van der Waals surface area contributed by atoms with Gasteiger partial charge in [-0.3, -0.25) is 9.69 Å². The van der Waals surface area contributed by atoms with Gasteiger partial charge in [0.2, 0.25) is 6.79 Å². The number of carbonyl (C=O) groups is 1.